The summed E-state index contributed by atoms with van der Waals surface area (Å²) in [5.74, 6) is 6.72. The molecule has 112 valence electrons. The summed E-state index contributed by atoms with van der Waals surface area (Å²) in [6.07, 6.45) is 1.93. The Balaban J connectivity index is 2.31. The highest BCUT2D eigenvalue weighted by Gasteiger charge is 2.06. The first-order valence-corrected chi connectivity index (χ1v) is 7.70. The summed E-state index contributed by atoms with van der Waals surface area (Å²) in [6.45, 7) is 2.09. The monoisotopic (exact) mass is 304 g/mol. The van der Waals surface area contributed by atoms with Crippen molar-refractivity contribution < 1.29 is 0 Å². The van der Waals surface area contributed by atoms with Gasteiger partial charge in [0.1, 0.15) is 11.6 Å². The Morgan fingerprint density at radius 2 is 1.86 bits per heavy atom. The van der Waals surface area contributed by atoms with E-state index in [1.165, 1.54) is 17.3 Å². The van der Waals surface area contributed by atoms with Crippen LogP contribution in [0.1, 0.15) is 5.56 Å². The molecule has 0 aliphatic carbocycles. The van der Waals surface area contributed by atoms with Crippen molar-refractivity contribution in [3.8, 4) is 0 Å². The molecule has 0 unspecified atom stereocenters. The minimum atomic E-state index is 0.580. The Kier molecular flexibility index (Phi) is 4.87. The van der Waals surface area contributed by atoms with E-state index in [0.29, 0.717) is 16.8 Å². The van der Waals surface area contributed by atoms with E-state index in [0.717, 1.165) is 11.4 Å². The van der Waals surface area contributed by atoms with E-state index in [2.05, 4.69) is 44.7 Å². The van der Waals surface area contributed by atoms with Gasteiger partial charge in [-0.25, -0.2) is 15.8 Å². The number of thioether (sulfide) groups is 1. The lowest BCUT2D eigenvalue weighted by Gasteiger charge is -2.17. The van der Waals surface area contributed by atoms with E-state index < -0.39 is 0 Å². The molecule has 0 saturated heterocycles. The van der Waals surface area contributed by atoms with Gasteiger partial charge in [0.15, 0.2) is 5.16 Å². The molecule has 0 spiro atoms. The SMILES string of the molecule is CSc1nc(NN)cc(Nc2ccc(C)c(N(C)C)c2)n1. The third kappa shape index (κ3) is 3.77. The van der Waals surface area contributed by atoms with Crippen molar-refractivity contribution in [2.24, 2.45) is 5.84 Å². The zero-order valence-electron chi connectivity index (χ0n) is 12.6. The Bertz CT molecular complexity index is 607. The highest BCUT2D eigenvalue weighted by molar-refractivity contribution is 7.98. The fourth-order valence-corrected chi connectivity index (χ4v) is 2.35. The van der Waals surface area contributed by atoms with Gasteiger partial charge < -0.3 is 15.6 Å². The molecule has 1 aromatic carbocycles. The normalized spacial score (nSPS) is 10.3. The largest absolute Gasteiger partial charge is 0.377 e. The summed E-state index contributed by atoms with van der Waals surface area (Å²) in [5, 5.41) is 3.95. The molecule has 0 amide bonds. The van der Waals surface area contributed by atoms with Crippen molar-refractivity contribution in [3.63, 3.8) is 0 Å². The van der Waals surface area contributed by atoms with Crippen LogP contribution < -0.4 is 21.5 Å². The average molecular weight is 304 g/mol. The summed E-state index contributed by atoms with van der Waals surface area (Å²) in [6, 6.07) is 7.97. The van der Waals surface area contributed by atoms with E-state index in [9.17, 15) is 0 Å². The summed E-state index contributed by atoms with van der Waals surface area (Å²) in [5.41, 5.74) is 5.91. The molecule has 0 fully saturated rings. The lowest BCUT2D eigenvalue weighted by molar-refractivity contribution is 0.971. The van der Waals surface area contributed by atoms with E-state index in [1.54, 1.807) is 6.07 Å². The van der Waals surface area contributed by atoms with Crippen LogP contribution in [0.4, 0.5) is 23.0 Å². The van der Waals surface area contributed by atoms with Gasteiger partial charge >= 0.3 is 0 Å². The van der Waals surface area contributed by atoms with Crippen molar-refractivity contribution in [2.45, 2.75) is 12.1 Å². The van der Waals surface area contributed by atoms with Gasteiger partial charge in [-0.2, -0.15) is 0 Å². The summed E-state index contributed by atoms with van der Waals surface area (Å²) in [7, 11) is 4.05. The maximum Gasteiger partial charge on any atom is 0.191 e. The minimum absolute atomic E-state index is 0.580. The van der Waals surface area contributed by atoms with Crippen LogP contribution >= 0.6 is 11.8 Å². The fourth-order valence-electron chi connectivity index (χ4n) is 1.97. The van der Waals surface area contributed by atoms with Crippen LogP contribution in [0.5, 0.6) is 0 Å². The predicted molar refractivity (Wildman–Crippen MR) is 90.4 cm³/mol. The molecule has 21 heavy (non-hydrogen) atoms. The molecule has 1 heterocycles. The first kappa shape index (κ1) is 15.4. The number of hydrogen-bond acceptors (Lipinski definition) is 7. The Hall–Kier alpha value is -1.99. The molecular weight excluding hydrogens is 284 g/mol. The van der Waals surface area contributed by atoms with E-state index in [4.69, 9.17) is 5.84 Å². The number of hydrogen-bond donors (Lipinski definition) is 3. The fraction of sp³-hybridized carbons (Fsp3) is 0.286. The maximum absolute atomic E-state index is 5.44. The van der Waals surface area contributed by atoms with Crippen LogP contribution in [0.2, 0.25) is 0 Å². The quantitative estimate of drug-likeness (QED) is 0.339. The van der Waals surface area contributed by atoms with Crippen LogP contribution in [-0.4, -0.2) is 30.3 Å². The molecule has 4 N–H and O–H groups in total. The summed E-state index contributed by atoms with van der Waals surface area (Å²) in [4.78, 5) is 10.7. The van der Waals surface area contributed by atoms with Crippen LogP contribution in [0.25, 0.3) is 0 Å². The van der Waals surface area contributed by atoms with Crippen molar-refractivity contribution in [1.29, 1.82) is 0 Å². The summed E-state index contributed by atoms with van der Waals surface area (Å²) < 4.78 is 0. The van der Waals surface area contributed by atoms with Gasteiger partial charge in [0.25, 0.3) is 0 Å². The molecule has 0 radical (unpaired) electrons. The molecule has 2 rings (SSSR count). The van der Waals surface area contributed by atoms with E-state index >= 15 is 0 Å². The van der Waals surface area contributed by atoms with Crippen LogP contribution in [0.15, 0.2) is 29.4 Å². The summed E-state index contributed by atoms with van der Waals surface area (Å²) >= 11 is 1.47. The first-order valence-electron chi connectivity index (χ1n) is 6.48. The molecule has 1 aromatic heterocycles. The molecule has 0 bridgehead atoms. The van der Waals surface area contributed by atoms with Gasteiger partial charge in [-0.1, -0.05) is 17.8 Å². The second-order valence-electron chi connectivity index (χ2n) is 4.79. The third-order valence-electron chi connectivity index (χ3n) is 3.00. The Morgan fingerprint density at radius 3 is 2.48 bits per heavy atom. The van der Waals surface area contributed by atoms with Gasteiger partial charge in [0.2, 0.25) is 0 Å². The molecule has 0 atom stereocenters. The smallest absolute Gasteiger partial charge is 0.191 e. The number of nitrogens with one attached hydrogen (secondary N) is 2. The van der Waals surface area contributed by atoms with Crippen LogP contribution in [0.3, 0.4) is 0 Å². The standard InChI is InChI=1S/C14H20N6S/c1-9-5-6-10(7-11(9)20(2)3)16-12-8-13(19-15)18-14(17-12)21-4/h5-8H,15H2,1-4H3,(H2,16,17,18,19). The molecule has 0 saturated carbocycles. The molecule has 7 heteroatoms. The number of benzene rings is 1. The molecule has 6 nitrogen and oxygen atoms in total. The van der Waals surface area contributed by atoms with Gasteiger partial charge in [0, 0.05) is 31.5 Å². The number of rotatable bonds is 5. The number of hydrazine groups is 1. The van der Waals surface area contributed by atoms with Gasteiger partial charge in [-0.05, 0) is 30.9 Å². The van der Waals surface area contributed by atoms with E-state index in [-0.39, 0.29) is 0 Å². The number of aromatic nitrogens is 2. The minimum Gasteiger partial charge on any atom is -0.377 e. The Morgan fingerprint density at radius 1 is 1.14 bits per heavy atom. The topological polar surface area (TPSA) is 79.1 Å². The van der Waals surface area contributed by atoms with Crippen molar-refractivity contribution in [3.05, 3.63) is 29.8 Å². The number of nitrogens with two attached hydrogens (primary N) is 1. The zero-order valence-corrected chi connectivity index (χ0v) is 13.5. The zero-order chi connectivity index (χ0) is 15.4. The van der Waals surface area contributed by atoms with Crippen molar-refractivity contribution >= 4 is 34.8 Å². The number of nitrogen functional groups attached to an aromatic ring is 1. The third-order valence-corrected chi connectivity index (χ3v) is 3.55. The van der Waals surface area contributed by atoms with Crippen molar-refractivity contribution in [2.75, 3.05) is 36.0 Å². The lowest BCUT2D eigenvalue weighted by atomic mass is 10.1. The predicted octanol–water partition coefficient (Wildman–Crippen LogP) is 2.60. The number of anilines is 4. The maximum atomic E-state index is 5.44. The molecule has 0 aliphatic rings. The Labute approximate surface area is 129 Å². The molecular formula is C14H20N6S. The first-order chi connectivity index (χ1) is 10.0. The van der Waals surface area contributed by atoms with Crippen molar-refractivity contribution in [1.82, 2.24) is 9.97 Å². The highest BCUT2D eigenvalue weighted by Crippen LogP contribution is 2.25. The molecule has 2 aromatic rings. The number of nitrogens with zero attached hydrogens (tertiary/aromatic N) is 3. The number of aryl methyl sites for hydroxylation is 1. The van der Waals surface area contributed by atoms with E-state index in [1.807, 2.05) is 26.4 Å². The van der Waals surface area contributed by atoms with Gasteiger partial charge in [0.05, 0.1) is 0 Å². The lowest BCUT2D eigenvalue weighted by Crippen LogP contribution is -2.11. The van der Waals surface area contributed by atoms with Crippen LogP contribution in [-0.2, 0) is 0 Å². The van der Waals surface area contributed by atoms with Crippen LogP contribution in [0, 0.1) is 6.92 Å². The second-order valence-corrected chi connectivity index (χ2v) is 5.56. The molecule has 0 aliphatic heterocycles. The second kappa shape index (κ2) is 6.64. The van der Waals surface area contributed by atoms with Gasteiger partial charge in [-0.3, -0.25) is 0 Å². The highest BCUT2D eigenvalue weighted by atomic mass is 32.2. The average Bonchev–Trinajstić information content (AvgIpc) is 2.48. The van der Waals surface area contributed by atoms with Gasteiger partial charge in [-0.15, -0.1) is 0 Å².